The zero-order valence-electron chi connectivity index (χ0n) is 10.3. The molecule has 6 nitrogen and oxygen atoms in total. The number of nitrogens with zero attached hydrogens (tertiary/aromatic N) is 2. The summed E-state index contributed by atoms with van der Waals surface area (Å²) in [4.78, 5) is 11.2. The number of hydrogen-bond acceptors (Lipinski definition) is 3. The van der Waals surface area contributed by atoms with Crippen LogP contribution in [0.25, 0.3) is 0 Å². The smallest absolute Gasteiger partial charge is 0.308 e. The van der Waals surface area contributed by atoms with Crippen molar-refractivity contribution in [2.24, 2.45) is 13.0 Å². The predicted octanol–water partition coefficient (Wildman–Crippen LogP) is 0.509. The Kier molecular flexibility index (Phi) is 3.20. The van der Waals surface area contributed by atoms with Crippen LogP contribution in [-0.2, 0) is 21.9 Å². The second-order valence-corrected chi connectivity index (χ2v) is 6.49. The lowest BCUT2D eigenvalue weighted by Gasteiger charge is -2.22. The van der Waals surface area contributed by atoms with Crippen LogP contribution in [0.5, 0.6) is 0 Å². The van der Waals surface area contributed by atoms with Gasteiger partial charge in [0, 0.05) is 32.0 Å². The monoisotopic (exact) mass is 272 g/mol. The van der Waals surface area contributed by atoms with Crippen LogP contribution in [0.3, 0.4) is 0 Å². The Morgan fingerprint density at radius 3 is 2.61 bits per heavy atom. The molecule has 0 saturated carbocycles. The first kappa shape index (κ1) is 13.1. The van der Waals surface area contributed by atoms with E-state index in [4.69, 9.17) is 5.11 Å². The lowest BCUT2D eigenvalue weighted by Crippen LogP contribution is -2.37. The van der Waals surface area contributed by atoms with Gasteiger partial charge in [-0.05, 0) is 19.4 Å². The van der Waals surface area contributed by atoms with Gasteiger partial charge in [0.15, 0.2) is 0 Å². The molecular weight excluding hydrogens is 256 g/mol. The van der Waals surface area contributed by atoms with Crippen LogP contribution in [-0.4, -0.2) is 41.0 Å². The Balaban J connectivity index is 2.30. The van der Waals surface area contributed by atoms with Gasteiger partial charge in [-0.3, -0.25) is 4.79 Å². The van der Waals surface area contributed by atoms with E-state index >= 15 is 0 Å². The maximum Gasteiger partial charge on any atom is 0.308 e. The van der Waals surface area contributed by atoms with E-state index in [0.29, 0.717) is 6.42 Å². The van der Waals surface area contributed by atoms with E-state index in [1.165, 1.54) is 16.6 Å². The molecule has 1 aromatic heterocycles. The Bertz CT molecular complexity index is 563. The number of carboxylic acid groups (broad SMARTS) is 1. The van der Waals surface area contributed by atoms with Crippen molar-refractivity contribution in [2.45, 2.75) is 24.3 Å². The van der Waals surface area contributed by atoms with E-state index < -0.39 is 28.0 Å². The first-order valence-electron chi connectivity index (χ1n) is 5.70. The summed E-state index contributed by atoms with van der Waals surface area (Å²) in [6, 6.07) is 1.02. The minimum absolute atomic E-state index is 0.211. The minimum Gasteiger partial charge on any atom is -0.481 e. The van der Waals surface area contributed by atoms with Crippen molar-refractivity contribution in [1.82, 2.24) is 8.87 Å². The van der Waals surface area contributed by atoms with E-state index in [2.05, 4.69) is 0 Å². The van der Waals surface area contributed by atoms with Crippen LogP contribution in [0.4, 0.5) is 0 Å². The Morgan fingerprint density at radius 2 is 2.17 bits per heavy atom. The zero-order valence-corrected chi connectivity index (χ0v) is 11.1. The van der Waals surface area contributed by atoms with Crippen molar-refractivity contribution >= 4 is 16.0 Å². The van der Waals surface area contributed by atoms with E-state index in [9.17, 15) is 13.2 Å². The molecule has 0 radical (unpaired) electrons. The summed E-state index contributed by atoms with van der Waals surface area (Å²) in [6.07, 6.45) is 3.54. The third-order valence-electron chi connectivity index (χ3n) is 3.43. The second-order valence-electron chi connectivity index (χ2n) is 4.60. The summed E-state index contributed by atoms with van der Waals surface area (Å²) in [5, 5.41) is 9.02. The summed E-state index contributed by atoms with van der Waals surface area (Å²) in [5.41, 5.74) is 0. The maximum atomic E-state index is 12.3. The highest BCUT2D eigenvalue weighted by atomic mass is 32.2. The first-order chi connectivity index (χ1) is 8.34. The molecule has 2 heterocycles. The van der Waals surface area contributed by atoms with Crippen molar-refractivity contribution in [1.29, 1.82) is 0 Å². The molecule has 2 atom stereocenters. The van der Waals surface area contributed by atoms with Gasteiger partial charge in [0.1, 0.15) is 0 Å². The molecule has 1 aliphatic rings. The van der Waals surface area contributed by atoms with Gasteiger partial charge in [-0.2, -0.15) is 4.31 Å². The largest absolute Gasteiger partial charge is 0.481 e. The van der Waals surface area contributed by atoms with Crippen LogP contribution in [0, 0.1) is 5.92 Å². The summed E-state index contributed by atoms with van der Waals surface area (Å²) in [5.74, 6) is -1.56. The molecule has 2 rings (SSSR count). The zero-order chi connectivity index (χ0) is 13.5. The average Bonchev–Trinajstić information content (AvgIpc) is 2.84. The van der Waals surface area contributed by atoms with Gasteiger partial charge in [0.25, 0.3) is 0 Å². The maximum absolute atomic E-state index is 12.3. The lowest BCUT2D eigenvalue weighted by atomic mass is 10.0. The summed E-state index contributed by atoms with van der Waals surface area (Å²) < 4.78 is 27.6. The highest BCUT2D eigenvalue weighted by Gasteiger charge is 2.42. The van der Waals surface area contributed by atoms with Gasteiger partial charge >= 0.3 is 5.97 Å². The summed E-state index contributed by atoms with van der Waals surface area (Å²) in [6.45, 7) is 1.90. The molecule has 1 saturated heterocycles. The topological polar surface area (TPSA) is 79.6 Å². The molecule has 18 heavy (non-hydrogen) atoms. The Hall–Kier alpha value is -1.34. The third kappa shape index (κ3) is 2.04. The van der Waals surface area contributed by atoms with Crippen LogP contribution in [0.15, 0.2) is 23.4 Å². The predicted molar refractivity (Wildman–Crippen MR) is 64.5 cm³/mol. The summed E-state index contributed by atoms with van der Waals surface area (Å²) in [7, 11) is -1.84. The number of carbonyl (C=O) groups is 1. The molecule has 1 aromatic rings. The molecule has 100 valence electrons. The van der Waals surface area contributed by atoms with Crippen LogP contribution < -0.4 is 0 Å². The Morgan fingerprint density at radius 1 is 1.50 bits per heavy atom. The molecular formula is C11H16N2O4S. The van der Waals surface area contributed by atoms with Crippen molar-refractivity contribution in [2.75, 3.05) is 6.54 Å². The average molecular weight is 272 g/mol. The number of rotatable bonds is 3. The van der Waals surface area contributed by atoms with E-state index in [-0.39, 0.29) is 11.4 Å². The Labute approximate surface area is 106 Å². The van der Waals surface area contributed by atoms with Crippen molar-refractivity contribution in [3.8, 4) is 0 Å². The second kappa shape index (κ2) is 4.40. The number of sulfonamides is 1. The third-order valence-corrected chi connectivity index (χ3v) is 5.40. The number of aliphatic carboxylic acids is 1. The molecule has 2 unspecified atom stereocenters. The van der Waals surface area contributed by atoms with Crippen molar-refractivity contribution in [3.63, 3.8) is 0 Å². The van der Waals surface area contributed by atoms with Gasteiger partial charge in [-0.1, -0.05) is 0 Å². The minimum atomic E-state index is -3.58. The van der Waals surface area contributed by atoms with Crippen molar-refractivity contribution < 1.29 is 18.3 Å². The highest BCUT2D eigenvalue weighted by molar-refractivity contribution is 7.89. The molecule has 0 spiro atoms. The van der Waals surface area contributed by atoms with Gasteiger partial charge in [-0.25, -0.2) is 8.42 Å². The highest BCUT2D eigenvalue weighted by Crippen LogP contribution is 2.30. The number of aryl methyl sites for hydroxylation is 1. The number of aromatic nitrogens is 1. The number of carboxylic acids is 1. The normalized spacial score (nSPS) is 25.4. The molecule has 1 aliphatic heterocycles. The fourth-order valence-corrected chi connectivity index (χ4v) is 4.08. The van der Waals surface area contributed by atoms with E-state index in [0.717, 1.165) is 0 Å². The van der Waals surface area contributed by atoms with Crippen LogP contribution >= 0.6 is 0 Å². The molecule has 0 aliphatic carbocycles. The van der Waals surface area contributed by atoms with Crippen LogP contribution in [0.2, 0.25) is 0 Å². The fourth-order valence-electron chi connectivity index (χ4n) is 2.35. The van der Waals surface area contributed by atoms with Crippen LogP contribution in [0.1, 0.15) is 13.3 Å². The molecule has 1 fully saturated rings. The molecule has 1 N–H and O–H groups in total. The van der Waals surface area contributed by atoms with E-state index in [1.54, 1.807) is 24.7 Å². The van der Waals surface area contributed by atoms with E-state index in [1.807, 2.05) is 0 Å². The standard InChI is InChI=1S/C11H16N2O4S/c1-8-10(11(14)15)4-6-13(8)18(16,17)9-3-5-12(2)7-9/h3,5,7-8,10H,4,6H2,1-2H3,(H,14,15). The van der Waals surface area contributed by atoms with Gasteiger partial charge in [0.2, 0.25) is 10.0 Å². The molecule has 7 heteroatoms. The number of hydrogen-bond donors (Lipinski definition) is 1. The SMILES string of the molecule is CC1C(C(=O)O)CCN1S(=O)(=O)c1ccn(C)c1. The summed E-state index contributed by atoms with van der Waals surface area (Å²) >= 11 is 0. The lowest BCUT2D eigenvalue weighted by molar-refractivity contribution is -0.142. The van der Waals surface area contributed by atoms with Crippen molar-refractivity contribution in [3.05, 3.63) is 18.5 Å². The fraction of sp³-hybridized carbons (Fsp3) is 0.545. The van der Waals surface area contributed by atoms with Gasteiger partial charge in [0.05, 0.1) is 10.8 Å². The quantitative estimate of drug-likeness (QED) is 0.869. The first-order valence-corrected chi connectivity index (χ1v) is 7.14. The van der Waals surface area contributed by atoms with Gasteiger partial charge < -0.3 is 9.67 Å². The van der Waals surface area contributed by atoms with Gasteiger partial charge in [-0.15, -0.1) is 0 Å². The molecule has 0 amide bonds. The molecule has 0 bridgehead atoms. The molecule has 0 aromatic carbocycles.